The van der Waals surface area contributed by atoms with E-state index in [4.69, 9.17) is 11.6 Å². The van der Waals surface area contributed by atoms with Crippen molar-refractivity contribution in [2.24, 2.45) is 5.92 Å². The summed E-state index contributed by atoms with van der Waals surface area (Å²) in [6.07, 6.45) is 3.72. The summed E-state index contributed by atoms with van der Waals surface area (Å²) in [5.74, 6) is 0.683. The summed E-state index contributed by atoms with van der Waals surface area (Å²) < 4.78 is 1.07. The van der Waals surface area contributed by atoms with E-state index in [-0.39, 0.29) is 5.91 Å². The molecule has 1 aliphatic rings. The maximum atomic E-state index is 13.3. The van der Waals surface area contributed by atoms with Gasteiger partial charge in [-0.25, -0.2) is 0 Å². The van der Waals surface area contributed by atoms with Gasteiger partial charge >= 0.3 is 0 Å². The number of hydrogen-bond donors (Lipinski definition) is 0. The second kappa shape index (κ2) is 7.19. The van der Waals surface area contributed by atoms with Crippen LogP contribution in [0.3, 0.4) is 0 Å². The maximum Gasteiger partial charge on any atom is 0.265 e. The molecule has 0 unspecified atom stereocenters. The predicted octanol–water partition coefficient (Wildman–Crippen LogP) is 6.00. The molecular weight excluding hydrogens is 350 g/mol. The van der Waals surface area contributed by atoms with Crippen LogP contribution in [0.4, 0.5) is 0 Å². The van der Waals surface area contributed by atoms with Gasteiger partial charge in [0.2, 0.25) is 0 Å². The topological polar surface area (TPSA) is 20.3 Å². The Labute approximate surface area is 157 Å². The van der Waals surface area contributed by atoms with Gasteiger partial charge in [0.15, 0.2) is 0 Å². The molecule has 1 fully saturated rings. The van der Waals surface area contributed by atoms with Crippen molar-refractivity contribution in [1.82, 2.24) is 4.90 Å². The normalized spacial score (nSPS) is 14.4. The average Bonchev–Trinajstić information content (AvgIpc) is 2.94. The Balaban J connectivity index is 1.64. The average molecular weight is 370 g/mol. The Bertz CT molecular complexity index is 885. The lowest BCUT2D eigenvalue weighted by Gasteiger charge is -2.32. The Morgan fingerprint density at radius 1 is 1.08 bits per heavy atom. The van der Waals surface area contributed by atoms with Gasteiger partial charge < -0.3 is 4.90 Å². The molecule has 1 aromatic heterocycles. The quantitative estimate of drug-likeness (QED) is 0.540. The van der Waals surface area contributed by atoms with Crippen LogP contribution in [-0.2, 0) is 6.54 Å². The van der Waals surface area contributed by atoms with E-state index in [2.05, 4.69) is 12.1 Å². The molecule has 0 N–H and O–H groups in total. The van der Waals surface area contributed by atoms with Crippen molar-refractivity contribution in [3.05, 3.63) is 70.1 Å². The number of carbonyl (C=O) groups is 1. The Morgan fingerprint density at radius 3 is 2.48 bits per heavy atom. The van der Waals surface area contributed by atoms with Crippen LogP contribution in [0.15, 0.2) is 54.6 Å². The predicted molar refractivity (Wildman–Crippen MR) is 105 cm³/mol. The SMILES string of the molecule is O=C(c1sc2ccccc2c1Cl)N(Cc1ccccc1)CC1CCC1. The first-order chi connectivity index (χ1) is 12.2. The lowest BCUT2D eigenvalue weighted by Crippen LogP contribution is -2.36. The van der Waals surface area contributed by atoms with Crippen LogP contribution in [0.2, 0.25) is 5.02 Å². The zero-order chi connectivity index (χ0) is 17.2. The molecule has 0 spiro atoms. The third kappa shape index (κ3) is 3.44. The van der Waals surface area contributed by atoms with Crippen LogP contribution in [0.1, 0.15) is 34.5 Å². The zero-order valence-corrected chi connectivity index (χ0v) is 15.5. The molecule has 4 heteroatoms. The molecule has 128 valence electrons. The number of thiophene rings is 1. The van der Waals surface area contributed by atoms with Crippen LogP contribution in [-0.4, -0.2) is 17.4 Å². The van der Waals surface area contributed by atoms with E-state index >= 15 is 0 Å². The van der Waals surface area contributed by atoms with Gasteiger partial charge in [0.1, 0.15) is 4.88 Å². The fraction of sp³-hybridized carbons (Fsp3) is 0.286. The highest BCUT2D eigenvalue weighted by atomic mass is 35.5. The highest BCUT2D eigenvalue weighted by Crippen LogP contribution is 2.37. The molecule has 2 nitrogen and oxygen atoms in total. The smallest absolute Gasteiger partial charge is 0.265 e. The van der Waals surface area contributed by atoms with Gasteiger partial charge in [-0.15, -0.1) is 11.3 Å². The Kier molecular flexibility index (Phi) is 4.78. The molecule has 25 heavy (non-hydrogen) atoms. The minimum absolute atomic E-state index is 0.0574. The van der Waals surface area contributed by atoms with Gasteiger partial charge in [0.05, 0.1) is 5.02 Å². The molecule has 0 atom stereocenters. The molecule has 1 heterocycles. The summed E-state index contributed by atoms with van der Waals surface area (Å²) in [5.41, 5.74) is 1.16. The molecule has 3 aromatic rings. The highest BCUT2D eigenvalue weighted by molar-refractivity contribution is 7.21. The minimum atomic E-state index is 0.0574. The van der Waals surface area contributed by atoms with Crippen LogP contribution >= 0.6 is 22.9 Å². The van der Waals surface area contributed by atoms with Gasteiger partial charge in [-0.3, -0.25) is 4.79 Å². The largest absolute Gasteiger partial charge is 0.333 e. The van der Waals surface area contributed by atoms with Crippen molar-refractivity contribution in [3.63, 3.8) is 0 Å². The van der Waals surface area contributed by atoms with Gasteiger partial charge in [0, 0.05) is 23.2 Å². The molecule has 1 saturated carbocycles. The van der Waals surface area contributed by atoms with Crippen LogP contribution in [0.5, 0.6) is 0 Å². The van der Waals surface area contributed by atoms with E-state index in [0.29, 0.717) is 22.4 Å². The Morgan fingerprint density at radius 2 is 1.80 bits per heavy atom. The van der Waals surface area contributed by atoms with Gasteiger partial charge in [-0.2, -0.15) is 0 Å². The third-order valence-corrected chi connectivity index (χ3v) is 6.60. The lowest BCUT2D eigenvalue weighted by molar-refractivity contribution is 0.0685. The minimum Gasteiger partial charge on any atom is -0.333 e. The summed E-state index contributed by atoms with van der Waals surface area (Å²) in [4.78, 5) is 15.9. The molecular formula is C21H20ClNOS. The molecule has 1 amide bonds. The van der Waals surface area contributed by atoms with Gasteiger partial charge in [0.25, 0.3) is 5.91 Å². The van der Waals surface area contributed by atoms with Crippen molar-refractivity contribution < 1.29 is 4.79 Å². The standard InChI is InChI=1S/C21H20ClNOS/c22-19-17-11-4-5-12-18(17)25-20(19)21(24)23(14-16-9-6-10-16)13-15-7-2-1-3-8-15/h1-5,7-8,11-12,16H,6,9-10,13-14H2. The van der Waals surface area contributed by atoms with Gasteiger partial charge in [-0.1, -0.05) is 66.6 Å². The fourth-order valence-electron chi connectivity index (χ4n) is 3.31. The molecule has 0 radical (unpaired) electrons. The molecule has 0 saturated heterocycles. The summed E-state index contributed by atoms with van der Waals surface area (Å²) in [6, 6.07) is 18.2. The Hall–Kier alpha value is -1.84. The molecule has 2 aromatic carbocycles. The van der Waals surface area contributed by atoms with E-state index < -0.39 is 0 Å². The summed E-state index contributed by atoms with van der Waals surface area (Å²) in [5, 5.41) is 1.57. The van der Waals surface area contributed by atoms with E-state index in [9.17, 15) is 4.79 Å². The number of benzene rings is 2. The van der Waals surface area contributed by atoms with Crippen molar-refractivity contribution in [3.8, 4) is 0 Å². The number of carbonyl (C=O) groups excluding carboxylic acids is 1. The van der Waals surface area contributed by atoms with Gasteiger partial charge in [-0.05, 0) is 30.4 Å². The van der Waals surface area contributed by atoms with E-state index in [1.165, 1.54) is 30.6 Å². The van der Waals surface area contributed by atoms with Crippen LogP contribution in [0, 0.1) is 5.92 Å². The number of rotatable bonds is 5. The first-order valence-corrected chi connectivity index (χ1v) is 9.92. The van der Waals surface area contributed by atoms with E-state index in [0.717, 1.165) is 22.2 Å². The summed E-state index contributed by atoms with van der Waals surface area (Å²) >= 11 is 8.05. The third-order valence-electron chi connectivity index (χ3n) is 4.94. The van der Waals surface area contributed by atoms with Crippen molar-refractivity contribution >= 4 is 38.9 Å². The summed E-state index contributed by atoms with van der Waals surface area (Å²) in [7, 11) is 0. The molecule has 0 aliphatic heterocycles. The van der Waals surface area contributed by atoms with Crippen molar-refractivity contribution in [2.75, 3.05) is 6.54 Å². The molecule has 0 bridgehead atoms. The van der Waals surface area contributed by atoms with E-state index in [1.54, 1.807) is 0 Å². The zero-order valence-electron chi connectivity index (χ0n) is 14.0. The monoisotopic (exact) mass is 369 g/mol. The number of nitrogens with zero attached hydrogens (tertiary/aromatic N) is 1. The number of halogens is 1. The first-order valence-electron chi connectivity index (χ1n) is 8.72. The molecule has 1 aliphatic carbocycles. The fourth-order valence-corrected chi connectivity index (χ4v) is 4.79. The van der Waals surface area contributed by atoms with E-state index in [1.807, 2.05) is 47.4 Å². The first kappa shape index (κ1) is 16.6. The van der Waals surface area contributed by atoms with Crippen LogP contribution < -0.4 is 0 Å². The van der Waals surface area contributed by atoms with Crippen molar-refractivity contribution in [2.45, 2.75) is 25.8 Å². The maximum absolute atomic E-state index is 13.3. The van der Waals surface area contributed by atoms with Crippen molar-refractivity contribution in [1.29, 1.82) is 0 Å². The summed E-state index contributed by atoms with van der Waals surface area (Å²) in [6.45, 7) is 1.46. The number of fused-ring (bicyclic) bond motifs is 1. The highest BCUT2D eigenvalue weighted by Gasteiger charge is 2.27. The second-order valence-electron chi connectivity index (χ2n) is 6.71. The number of amides is 1. The number of hydrogen-bond acceptors (Lipinski definition) is 2. The second-order valence-corrected chi connectivity index (χ2v) is 8.14. The molecule has 4 rings (SSSR count). The van der Waals surface area contributed by atoms with Crippen LogP contribution in [0.25, 0.3) is 10.1 Å². The lowest BCUT2D eigenvalue weighted by atomic mass is 9.85.